The minimum absolute atomic E-state index is 0.000482. The van der Waals surface area contributed by atoms with Gasteiger partial charge in [-0.2, -0.15) is 0 Å². The molecule has 8 rings (SSSR count). The number of allylic oxidation sites excluding steroid dienone is 2. The molecule has 1 aliphatic carbocycles. The van der Waals surface area contributed by atoms with Crippen LogP contribution in [-0.4, -0.2) is 57.8 Å². The van der Waals surface area contributed by atoms with E-state index >= 15 is 0 Å². The summed E-state index contributed by atoms with van der Waals surface area (Å²) in [7, 11) is 0. The fourth-order valence-electron chi connectivity index (χ4n) is 9.34. The number of aromatic nitrogens is 1. The zero-order valence-corrected chi connectivity index (χ0v) is 34.3. The Hall–Kier alpha value is -3.75. The maximum absolute atomic E-state index is 15.0. The molecule has 3 N–H and O–H groups in total. The average molecular weight is 799 g/mol. The number of nitrogens with zero attached hydrogens (tertiary/aromatic N) is 2. The first-order chi connectivity index (χ1) is 26.4. The van der Waals surface area contributed by atoms with Gasteiger partial charge in [0.1, 0.15) is 5.69 Å². The van der Waals surface area contributed by atoms with Crippen molar-refractivity contribution in [2.45, 2.75) is 96.8 Å². The SMILES string of the molecule is CC1CC=CN2C(=C1c1ccccc1)c1c(C(=O)NC3CCCCC3N3CCC(NC(=O)C(C)(C)C)CC3)[nH]c3cc(Cl)cc(c13)C2c1ccc(Cl)cc1Cl. The van der Waals surface area contributed by atoms with Gasteiger partial charge in [-0.25, -0.2) is 0 Å². The van der Waals surface area contributed by atoms with Gasteiger partial charge in [0.2, 0.25) is 5.91 Å². The molecule has 55 heavy (non-hydrogen) atoms. The molecule has 1 saturated carbocycles. The topological polar surface area (TPSA) is 80.5 Å². The maximum Gasteiger partial charge on any atom is 0.268 e. The zero-order chi connectivity index (χ0) is 38.6. The van der Waals surface area contributed by atoms with Crippen LogP contribution in [0.25, 0.3) is 22.2 Å². The second kappa shape index (κ2) is 15.3. The van der Waals surface area contributed by atoms with Crippen LogP contribution in [0.5, 0.6) is 0 Å². The van der Waals surface area contributed by atoms with Crippen LogP contribution in [0.4, 0.5) is 0 Å². The number of H-pyrrole nitrogens is 1. The molecule has 10 heteroatoms. The van der Waals surface area contributed by atoms with E-state index in [0.29, 0.717) is 20.8 Å². The van der Waals surface area contributed by atoms with E-state index in [4.69, 9.17) is 34.8 Å². The molecule has 4 atom stereocenters. The van der Waals surface area contributed by atoms with Crippen molar-refractivity contribution in [2.75, 3.05) is 13.1 Å². The number of nitrogens with one attached hydrogen (secondary N) is 3. The molecule has 0 radical (unpaired) electrons. The van der Waals surface area contributed by atoms with Crippen LogP contribution in [-0.2, 0) is 4.79 Å². The summed E-state index contributed by atoms with van der Waals surface area (Å²) in [6.07, 6.45) is 11.2. The summed E-state index contributed by atoms with van der Waals surface area (Å²) < 4.78 is 0. The lowest BCUT2D eigenvalue weighted by Crippen LogP contribution is -2.57. The fourth-order valence-corrected chi connectivity index (χ4v) is 10.1. The molecule has 1 saturated heterocycles. The van der Waals surface area contributed by atoms with Gasteiger partial charge in [0, 0.05) is 74.4 Å². The Morgan fingerprint density at radius 3 is 2.33 bits per heavy atom. The van der Waals surface area contributed by atoms with Crippen LogP contribution in [0, 0.1) is 11.3 Å². The second-order valence-corrected chi connectivity index (χ2v) is 18.2. The molecule has 0 bridgehead atoms. The molecule has 0 spiro atoms. The third-order valence-electron chi connectivity index (χ3n) is 12.1. The average Bonchev–Trinajstić information content (AvgIpc) is 3.44. The highest BCUT2D eigenvalue weighted by Gasteiger charge is 2.41. The van der Waals surface area contributed by atoms with Crippen molar-refractivity contribution >= 4 is 68.8 Å². The number of fused-ring (bicyclic) bond motifs is 2. The predicted molar refractivity (Wildman–Crippen MR) is 225 cm³/mol. The van der Waals surface area contributed by atoms with Crippen molar-refractivity contribution < 1.29 is 9.59 Å². The summed E-state index contributed by atoms with van der Waals surface area (Å²) in [5, 5.41) is 9.54. The number of carbonyl (C=O) groups is 2. The van der Waals surface area contributed by atoms with E-state index < -0.39 is 5.41 Å². The van der Waals surface area contributed by atoms with E-state index in [1.165, 1.54) is 5.57 Å². The monoisotopic (exact) mass is 797 g/mol. The highest BCUT2D eigenvalue weighted by atomic mass is 35.5. The molecule has 7 nitrogen and oxygen atoms in total. The lowest BCUT2D eigenvalue weighted by Gasteiger charge is -2.44. The summed E-state index contributed by atoms with van der Waals surface area (Å²) in [5.74, 6) is 0.153. The number of rotatable bonds is 6. The van der Waals surface area contributed by atoms with Gasteiger partial charge >= 0.3 is 0 Å². The number of hydrogen-bond donors (Lipinski definition) is 3. The lowest BCUT2D eigenvalue weighted by atomic mass is 9.82. The van der Waals surface area contributed by atoms with Crippen molar-refractivity contribution in [3.05, 3.63) is 116 Å². The normalized spacial score (nSPS) is 23.4. The number of amides is 2. The highest BCUT2D eigenvalue weighted by Crippen LogP contribution is 2.53. The minimum atomic E-state index is -0.409. The van der Waals surface area contributed by atoms with Gasteiger partial charge in [-0.05, 0) is 84.6 Å². The van der Waals surface area contributed by atoms with Crippen molar-refractivity contribution in [3.8, 4) is 0 Å². The largest absolute Gasteiger partial charge is 0.353 e. The van der Waals surface area contributed by atoms with Gasteiger partial charge in [-0.3, -0.25) is 14.5 Å². The summed E-state index contributed by atoms with van der Waals surface area (Å²) in [6, 6.07) is 20.2. The summed E-state index contributed by atoms with van der Waals surface area (Å²) in [5.41, 5.74) is 7.01. The number of piperidine rings is 1. The summed E-state index contributed by atoms with van der Waals surface area (Å²) >= 11 is 20.4. The number of benzene rings is 3. The number of carbonyl (C=O) groups excluding carboxylic acids is 2. The van der Waals surface area contributed by atoms with Crippen LogP contribution in [0.3, 0.4) is 0 Å². The summed E-state index contributed by atoms with van der Waals surface area (Å²) in [6.45, 7) is 9.93. The molecule has 2 amide bonds. The molecule has 1 aromatic heterocycles. The minimum Gasteiger partial charge on any atom is -0.353 e. The Balaban J connectivity index is 1.21. The Morgan fingerprint density at radius 1 is 0.855 bits per heavy atom. The standard InChI is InChI=1S/C45H50Cl3N5O2/c1-26-11-10-20-53-41(31-17-16-28(46)24-33(31)48)32-23-29(47)25-35-38(32)39(42(53)37(26)27-12-6-5-7-13-27)40(50-35)43(54)51-34-14-8-9-15-36(34)52-21-18-30(19-22-52)49-44(55)45(2,3)4/h5-7,10,12-13,16-17,20,23-26,30,34,36,41,50H,8-9,11,14-15,18-19,21-22H2,1-4H3,(H,49,55)(H,51,54). The van der Waals surface area contributed by atoms with E-state index in [0.717, 1.165) is 96.9 Å². The maximum atomic E-state index is 15.0. The molecule has 3 aromatic carbocycles. The van der Waals surface area contributed by atoms with Crippen LogP contribution in [0.15, 0.2) is 72.9 Å². The van der Waals surface area contributed by atoms with Gasteiger partial charge in [-0.15, -0.1) is 0 Å². The number of hydrogen-bond acceptors (Lipinski definition) is 4. The molecule has 4 heterocycles. The van der Waals surface area contributed by atoms with Crippen molar-refractivity contribution in [2.24, 2.45) is 11.3 Å². The Kier molecular flexibility index (Phi) is 10.6. The van der Waals surface area contributed by atoms with E-state index in [1.54, 1.807) is 6.07 Å². The van der Waals surface area contributed by atoms with E-state index in [1.807, 2.05) is 51.1 Å². The third-order valence-corrected chi connectivity index (χ3v) is 12.9. The summed E-state index contributed by atoms with van der Waals surface area (Å²) in [4.78, 5) is 36.1. The highest BCUT2D eigenvalue weighted by molar-refractivity contribution is 6.35. The van der Waals surface area contributed by atoms with Crippen molar-refractivity contribution in [1.82, 2.24) is 25.4 Å². The Morgan fingerprint density at radius 2 is 1.60 bits per heavy atom. The van der Waals surface area contributed by atoms with Gasteiger partial charge < -0.3 is 20.5 Å². The third kappa shape index (κ3) is 7.34. The van der Waals surface area contributed by atoms with Crippen molar-refractivity contribution in [3.63, 3.8) is 0 Å². The smallest absolute Gasteiger partial charge is 0.268 e. The molecule has 4 aliphatic rings. The van der Waals surface area contributed by atoms with Crippen LogP contribution >= 0.6 is 34.8 Å². The molecule has 3 aliphatic heterocycles. The van der Waals surface area contributed by atoms with Gasteiger partial charge in [-0.1, -0.05) is 118 Å². The number of aromatic amines is 1. The lowest BCUT2D eigenvalue weighted by molar-refractivity contribution is -0.129. The second-order valence-electron chi connectivity index (χ2n) is 16.9. The van der Waals surface area contributed by atoms with E-state index in [-0.39, 0.29) is 41.9 Å². The van der Waals surface area contributed by atoms with Crippen molar-refractivity contribution in [1.29, 1.82) is 0 Å². The van der Waals surface area contributed by atoms with Gasteiger partial charge in [0.15, 0.2) is 0 Å². The van der Waals surface area contributed by atoms with Crippen LogP contribution < -0.4 is 10.6 Å². The van der Waals surface area contributed by atoms with Gasteiger partial charge in [0.25, 0.3) is 5.91 Å². The predicted octanol–water partition coefficient (Wildman–Crippen LogP) is 10.6. The zero-order valence-electron chi connectivity index (χ0n) is 32.0. The Labute approximate surface area is 339 Å². The Bertz CT molecular complexity index is 2180. The fraction of sp³-hybridized carbons (Fsp3) is 0.422. The first kappa shape index (κ1) is 38.1. The van der Waals surface area contributed by atoms with Crippen LogP contribution in [0.1, 0.15) is 111 Å². The first-order valence-corrected chi connectivity index (χ1v) is 20.9. The molecule has 288 valence electrons. The first-order valence-electron chi connectivity index (χ1n) is 19.8. The molecule has 2 fully saturated rings. The number of likely N-dealkylation sites (tertiary alicyclic amines) is 1. The van der Waals surface area contributed by atoms with Crippen LogP contribution in [0.2, 0.25) is 15.1 Å². The van der Waals surface area contributed by atoms with E-state index in [9.17, 15) is 9.59 Å². The quantitative estimate of drug-likeness (QED) is 0.182. The molecular weight excluding hydrogens is 749 g/mol. The van der Waals surface area contributed by atoms with Gasteiger partial charge in [0.05, 0.1) is 11.7 Å². The number of halogens is 3. The molecular formula is C45H50Cl3N5O2. The van der Waals surface area contributed by atoms with E-state index in [2.05, 4.69) is 68.9 Å². The molecule has 4 aromatic rings. The molecule has 4 unspecified atom stereocenters.